The summed E-state index contributed by atoms with van der Waals surface area (Å²) < 4.78 is 13.8. The first-order valence-electron chi connectivity index (χ1n) is 5.96. The van der Waals surface area contributed by atoms with Gasteiger partial charge in [-0.2, -0.15) is 0 Å². The zero-order valence-electron chi connectivity index (χ0n) is 10.8. The molecule has 0 heterocycles. The SMILES string of the molecule is CC(C)N(CC(N)=O)C(CN)c1ccccc1F. The van der Waals surface area contributed by atoms with Crippen molar-refractivity contribution in [3.05, 3.63) is 35.6 Å². The third kappa shape index (κ3) is 3.51. The van der Waals surface area contributed by atoms with Gasteiger partial charge < -0.3 is 11.5 Å². The van der Waals surface area contributed by atoms with Crippen molar-refractivity contribution in [2.45, 2.75) is 25.9 Å². The van der Waals surface area contributed by atoms with Crippen LogP contribution in [0.3, 0.4) is 0 Å². The van der Waals surface area contributed by atoms with Gasteiger partial charge in [-0.1, -0.05) is 18.2 Å². The summed E-state index contributed by atoms with van der Waals surface area (Å²) >= 11 is 0. The zero-order chi connectivity index (χ0) is 13.7. The molecule has 4 nitrogen and oxygen atoms in total. The van der Waals surface area contributed by atoms with E-state index in [9.17, 15) is 9.18 Å². The molecular weight excluding hydrogens is 233 g/mol. The Morgan fingerprint density at radius 2 is 2.00 bits per heavy atom. The smallest absolute Gasteiger partial charge is 0.231 e. The number of primary amides is 1. The highest BCUT2D eigenvalue weighted by Crippen LogP contribution is 2.24. The number of carbonyl (C=O) groups excluding carboxylic acids is 1. The van der Waals surface area contributed by atoms with E-state index in [1.807, 2.05) is 13.8 Å². The van der Waals surface area contributed by atoms with Crippen LogP contribution < -0.4 is 11.5 Å². The zero-order valence-corrected chi connectivity index (χ0v) is 10.8. The molecule has 0 aliphatic heterocycles. The van der Waals surface area contributed by atoms with Crippen LogP contribution in [0.5, 0.6) is 0 Å². The fourth-order valence-corrected chi connectivity index (χ4v) is 2.02. The normalized spacial score (nSPS) is 13.0. The van der Waals surface area contributed by atoms with E-state index in [4.69, 9.17) is 11.5 Å². The van der Waals surface area contributed by atoms with Crippen molar-refractivity contribution in [1.82, 2.24) is 4.90 Å². The molecule has 4 N–H and O–H groups in total. The highest BCUT2D eigenvalue weighted by molar-refractivity contribution is 5.76. The molecule has 0 aromatic heterocycles. The number of hydrogen-bond donors (Lipinski definition) is 2. The lowest BCUT2D eigenvalue weighted by Gasteiger charge is -2.33. The molecule has 0 bridgehead atoms. The highest BCUT2D eigenvalue weighted by atomic mass is 19.1. The van der Waals surface area contributed by atoms with E-state index >= 15 is 0 Å². The Morgan fingerprint density at radius 3 is 2.44 bits per heavy atom. The van der Waals surface area contributed by atoms with Gasteiger partial charge in [-0.25, -0.2) is 4.39 Å². The van der Waals surface area contributed by atoms with Gasteiger partial charge in [-0.15, -0.1) is 0 Å². The van der Waals surface area contributed by atoms with Gasteiger partial charge in [0.15, 0.2) is 0 Å². The van der Waals surface area contributed by atoms with E-state index in [0.717, 1.165) is 0 Å². The number of carbonyl (C=O) groups is 1. The van der Waals surface area contributed by atoms with Gasteiger partial charge in [-0.05, 0) is 19.9 Å². The average molecular weight is 253 g/mol. The van der Waals surface area contributed by atoms with Crippen LogP contribution in [0.4, 0.5) is 4.39 Å². The molecule has 0 saturated heterocycles. The number of rotatable bonds is 6. The quantitative estimate of drug-likeness (QED) is 0.795. The number of halogens is 1. The minimum absolute atomic E-state index is 0.0469. The Morgan fingerprint density at radius 1 is 1.39 bits per heavy atom. The summed E-state index contributed by atoms with van der Waals surface area (Å²) in [5.74, 6) is -0.762. The summed E-state index contributed by atoms with van der Waals surface area (Å²) in [6.07, 6.45) is 0. The molecule has 5 heteroatoms. The summed E-state index contributed by atoms with van der Waals surface area (Å²) in [4.78, 5) is 12.9. The van der Waals surface area contributed by atoms with E-state index in [0.29, 0.717) is 5.56 Å². The van der Waals surface area contributed by atoms with Crippen molar-refractivity contribution < 1.29 is 9.18 Å². The van der Waals surface area contributed by atoms with Gasteiger partial charge in [0, 0.05) is 18.2 Å². The van der Waals surface area contributed by atoms with Crippen molar-refractivity contribution in [1.29, 1.82) is 0 Å². The molecule has 100 valence electrons. The van der Waals surface area contributed by atoms with Crippen LogP contribution in [0.1, 0.15) is 25.5 Å². The Labute approximate surface area is 107 Å². The minimum atomic E-state index is -0.446. The summed E-state index contributed by atoms with van der Waals surface area (Å²) in [7, 11) is 0. The number of nitrogens with zero attached hydrogens (tertiary/aromatic N) is 1. The van der Waals surface area contributed by atoms with Gasteiger partial charge in [-0.3, -0.25) is 9.69 Å². The van der Waals surface area contributed by atoms with Crippen molar-refractivity contribution in [2.24, 2.45) is 11.5 Å². The second-order valence-electron chi connectivity index (χ2n) is 4.51. The molecule has 0 saturated carbocycles. The van der Waals surface area contributed by atoms with Gasteiger partial charge in [0.1, 0.15) is 5.82 Å². The molecule has 1 aromatic rings. The lowest BCUT2D eigenvalue weighted by atomic mass is 10.0. The van der Waals surface area contributed by atoms with Crippen LogP contribution in [-0.4, -0.2) is 29.9 Å². The van der Waals surface area contributed by atoms with Crippen LogP contribution >= 0.6 is 0 Å². The van der Waals surface area contributed by atoms with Gasteiger partial charge >= 0.3 is 0 Å². The fourth-order valence-electron chi connectivity index (χ4n) is 2.02. The van der Waals surface area contributed by atoms with Crippen molar-refractivity contribution >= 4 is 5.91 Å². The summed E-state index contributed by atoms with van der Waals surface area (Å²) in [6, 6.07) is 6.15. The Kier molecular flexibility index (Phi) is 5.25. The minimum Gasteiger partial charge on any atom is -0.369 e. The predicted molar refractivity (Wildman–Crippen MR) is 69.2 cm³/mol. The molecule has 0 spiro atoms. The van der Waals surface area contributed by atoms with Crippen LogP contribution in [-0.2, 0) is 4.79 Å². The van der Waals surface area contributed by atoms with Crippen LogP contribution in [0.2, 0.25) is 0 Å². The van der Waals surface area contributed by atoms with Crippen LogP contribution in [0.25, 0.3) is 0 Å². The van der Waals surface area contributed by atoms with Crippen molar-refractivity contribution in [3.8, 4) is 0 Å². The molecule has 1 atom stereocenters. The third-order valence-electron chi connectivity index (χ3n) is 2.89. The van der Waals surface area contributed by atoms with E-state index in [1.54, 1.807) is 23.1 Å². The van der Waals surface area contributed by atoms with E-state index in [-0.39, 0.29) is 31.0 Å². The lowest BCUT2D eigenvalue weighted by molar-refractivity contribution is -0.120. The number of hydrogen-bond acceptors (Lipinski definition) is 3. The van der Waals surface area contributed by atoms with Crippen molar-refractivity contribution in [2.75, 3.05) is 13.1 Å². The van der Waals surface area contributed by atoms with Gasteiger partial charge in [0.05, 0.1) is 12.6 Å². The predicted octanol–water partition coefficient (Wildman–Crippen LogP) is 1.02. The Hall–Kier alpha value is -1.46. The monoisotopic (exact) mass is 253 g/mol. The Balaban J connectivity index is 3.06. The van der Waals surface area contributed by atoms with Crippen molar-refractivity contribution in [3.63, 3.8) is 0 Å². The molecule has 1 amide bonds. The first kappa shape index (κ1) is 14.6. The molecule has 1 aromatic carbocycles. The molecule has 0 aliphatic carbocycles. The lowest BCUT2D eigenvalue weighted by Crippen LogP contribution is -2.43. The largest absolute Gasteiger partial charge is 0.369 e. The molecule has 1 unspecified atom stereocenters. The Bertz CT molecular complexity index is 409. The maximum absolute atomic E-state index is 13.8. The maximum Gasteiger partial charge on any atom is 0.231 e. The number of nitrogens with two attached hydrogens (primary N) is 2. The van der Waals surface area contributed by atoms with Crippen LogP contribution in [0.15, 0.2) is 24.3 Å². The first-order valence-corrected chi connectivity index (χ1v) is 5.96. The fraction of sp³-hybridized carbons (Fsp3) is 0.462. The second-order valence-corrected chi connectivity index (χ2v) is 4.51. The standard InChI is InChI=1S/C13H20FN3O/c1-9(2)17(8-13(16)18)12(7-15)10-5-3-4-6-11(10)14/h3-6,9,12H,7-8,15H2,1-2H3,(H2,16,18). The maximum atomic E-state index is 13.8. The average Bonchev–Trinajstić information content (AvgIpc) is 2.30. The summed E-state index contributed by atoms with van der Waals surface area (Å²) in [5, 5.41) is 0. The molecule has 1 rings (SSSR count). The first-order chi connectivity index (χ1) is 8.47. The number of benzene rings is 1. The summed E-state index contributed by atoms with van der Waals surface area (Å²) in [6.45, 7) is 4.14. The van der Waals surface area contributed by atoms with E-state index in [2.05, 4.69) is 0 Å². The summed E-state index contributed by atoms with van der Waals surface area (Å²) in [5.41, 5.74) is 11.4. The molecule has 18 heavy (non-hydrogen) atoms. The van der Waals surface area contributed by atoms with E-state index < -0.39 is 5.91 Å². The molecular formula is C13H20FN3O. The highest BCUT2D eigenvalue weighted by Gasteiger charge is 2.25. The van der Waals surface area contributed by atoms with Crippen LogP contribution in [0, 0.1) is 5.82 Å². The third-order valence-corrected chi connectivity index (χ3v) is 2.89. The molecule has 0 radical (unpaired) electrons. The number of amides is 1. The van der Waals surface area contributed by atoms with E-state index in [1.165, 1.54) is 6.07 Å². The molecule has 0 fully saturated rings. The van der Waals surface area contributed by atoms with Gasteiger partial charge in [0.25, 0.3) is 0 Å². The molecule has 0 aliphatic rings. The second kappa shape index (κ2) is 6.47. The topological polar surface area (TPSA) is 72.3 Å². The van der Waals surface area contributed by atoms with Gasteiger partial charge in [0.2, 0.25) is 5.91 Å².